The van der Waals surface area contributed by atoms with Crippen molar-refractivity contribution in [2.45, 2.75) is 19.5 Å². The number of hydrogen-bond acceptors (Lipinski definition) is 5. The molecule has 2 aromatic heterocycles. The van der Waals surface area contributed by atoms with Crippen molar-refractivity contribution in [2.75, 3.05) is 26.8 Å². The Bertz CT molecular complexity index is 1070. The lowest BCUT2D eigenvalue weighted by molar-refractivity contribution is 0.000343. The molecule has 1 aliphatic rings. The number of aromatic nitrogens is 3. The number of carbonyl (C=O) groups excluding carboxylic acids is 1. The van der Waals surface area contributed by atoms with E-state index in [9.17, 15) is 9.59 Å². The molecule has 1 aliphatic heterocycles. The van der Waals surface area contributed by atoms with Crippen LogP contribution in [0.25, 0.3) is 22.4 Å². The van der Waals surface area contributed by atoms with Crippen molar-refractivity contribution in [3.8, 4) is 11.4 Å². The third-order valence-electron chi connectivity index (χ3n) is 5.44. The maximum Gasteiger partial charge on any atom is 0.253 e. The first-order chi connectivity index (χ1) is 13.5. The van der Waals surface area contributed by atoms with E-state index in [4.69, 9.17) is 9.72 Å². The van der Waals surface area contributed by atoms with Gasteiger partial charge in [-0.1, -0.05) is 0 Å². The van der Waals surface area contributed by atoms with Gasteiger partial charge in [-0.05, 0) is 38.2 Å². The first kappa shape index (κ1) is 18.6. The van der Waals surface area contributed by atoms with Crippen LogP contribution >= 0.6 is 0 Å². The summed E-state index contributed by atoms with van der Waals surface area (Å²) in [6, 6.07) is 7.66. The number of likely N-dealkylation sites (N-methyl/N-ethyl adjacent to an activating group) is 1. The number of aldehydes is 1. The van der Waals surface area contributed by atoms with Crippen LogP contribution in [0, 0.1) is 6.92 Å². The summed E-state index contributed by atoms with van der Waals surface area (Å²) in [4.78, 5) is 30.4. The lowest BCUT2D eigenvalue weighted by Crippen LogP contribution is -2.45. The van der Waals surface area contributed by atoms with Crippen molar-refractivity contribution in [1.29, 1.82) is 0 Å². The molecule has 0 amide bonds. The molecule has 28 heavy (non-hydrogen) atoms. The van der Waals surface area contributed by atoms with Gasteiger partial charge < -0.3 is 13.9 Å². The van der Waals surface area contributed by atoms with Crippen LogP contribution in [0.3, 0.4) is 0 Å². The standard InChI is InChI=1S/C21H24N4O3/c1-14-8-16(10-24(3)21(14)27)20-22-18-9-15(12-26)4-5-19(18)25(20)11-17-13-28-7-6-23(17)2/h4-5,8-10,12,17H,6-7,11,13H2,1-3H3. The monoisotopic (exact) mass is 380 g/mol. The molecule has 4 rings (SSSR count). The van der Waals surface area contributed by atoms with Crippen molar-refractivity contribution >= 4 is 17.3 Å². The number of imidazole rings is 1. The normalized spacial score (nSPS) is 17.9. The zero-order chi connectivity index (χ0) is 19.8. The lowest BCUT2D eigenvalue weighted by atomic mass is 10.2. The summed E-state index contributed by atoms with van der Waals surface area (Å²) in [6.45, 7) is 4.82. The van der Waals surface area contributed by atoms with Gasteiger partial charge in [-0.2, -0.15) is 0 Å². The number of benzene rings is 1. The molecule has 1 saturated heterocycles. The van der Waals surface area contributed by atoms with Gasteiger partial charge in [0.25, 0.3) is 5.56 Å². The van der Waals surface area contributed by atoms with Crippen LogP contribution < -0.4 is 5.56 Å². The summed E-state index contributed by atoms with van der Waals surface area (Å²) in [5.41, 5.74) is 3.86. The number of pyridine rings is 1. The van der Waals surface area contributed by atoms with E-state index in [-0.39, 0.29) is 11.6 Å². The van der Waals surface area contributed by atoms with Gasteiger partial charge in [0.2, 0.25) is 0 Å². The summed E-state index contributed by atoms with van der Waals surface area (Å²) in [5.74, 6) is 0.788. The van der Waals surface area contributed by atoms with E-state index in [1.54, 1.807) is 17.7 Å². The zero-order valence-electron chi connectivity index (χ0n) is 16.4. The predicted octanol–water partition coefficient (Wildman–Crippen LogP) is 1.85. The van der Waals surface area contributed by atoms with E-state index in [2.05, 4.69) is 16.5 Å². The second-order valence-electron chi connectivity index (χ2n) is 7.45. The maximum absolute atomic E-state index is 12.1. The maximum atomic E-state index is 12.1. The number of morpholine rings is 1. The van der Waals surface area contributed by atoms with Crippen LogP contribution in [0.5, 0.6) is 0 Å². The third-order valence-corrected chi connectivity index (χ3v) is 5.44. The lowest BCUT2D eigenvalue weighted by Gasteiger charge is -2.33. The molecule has 0 N–H and O–H groups in total. The van der Waals surface area contributed by atoms with Crippen molar-refractivity contribution in [3.63, 3.8) is 0 Å². The molecular formula is C21H24N4O3. The van der Waals surface area contributed by atoms with Crippen molar-refractivity contribution < 1.29 is 9.53 Å². The fraction of sp³-hybridized carbons (Fsp3) is 0.381. The van der Waals surface area contributed by atoms with Crippen LogP contribution in [-0.2, 0) is 18.3 Å². The number of ether oxygens (including phenoxy) is 1. The SMILES string of the molecule is Cc1cc(-c2nc3cc(C=O)ccc3n2CC2COCCN2C)cn(C)c1=O. The van der Waals surface area contributed by atoms with Gasteiger partial charge >= 0.3 is 0 Å². The molecule has 3 aromatic rings. The van der Waals surface area contributed by atoms with Gasteiger partial charge in [0.05, 0.1) is 30.3 Å². The van der Waals surface area contributed by atoms with E-state index in [1.807, 2.05) is 31.3 Å². The molecule has 1 atom stereocenters. The molecule has 0 aliphatic carbocycles. The summed E-state index contributed by atoms with van der Waals surface area (Å²) in [5, 5.41) is 0. The Kier molecular flexibility index (Phi) is 4.87. The fourth-order valence-electron chi connectivity index (χ4n) is 3.77. The summed E-state index contributed by atoms with van der Waals surface area (Å²) in [6.07, 6.45) is 2.64. The Morgan fingerprint density at radius 2 is 2.11 bits per heavy atom. The van der Waals surface area contributed by atoms with E-state index in [1.165, 1.54) is 0 Å². The molecule has 1 fully saturated rings. The van der Waals surface area contributed by atoms with Gasteiger partial charge in [0, 0.05) is 43.0 Å². The minimum Gasteiger partial charge on any atom is -0.378 e. The first-order valence-electron chi connectivity index (χ1n) is 9.39. The van der Waals surface area contributed by atoms with Crippen LogP contribution in [0.2, 0.25) is 0 Å². The van der Waals surface area contributed by atoms with Crippen LogP contribution in [0.4, 0.5) is 0 Å². The Hall–Kier alpha value is -2.77. The quantitative estimate of drug-likeness (QED) is 0.646. The molecule has 146 valence electrons. The van der Waals surface area contributed by atoms with Gasteiger partial charge in [0.1, 0.15) is 12.1 Å². The Balaban J connectivity index is 1.88. The molecule has 0 saturated carbocycles. The molecule has 1 unspecified atom stereocenters. The van der Waals surface area contributed by atoms with Crippen LogP contribution in [0.15, 0.2) is 35.3 Å². The van der Waals surface area contributed by atoms with Gasteiger partial charge in [0.15, 0.2) is 0 Å². The molecular weight excluding hydrogens is 356 g/mol. The minimum atomic E-state index is -0.0185. The van der Waals surface area contributed by atoms with E-state index < -0.39 is 0 Å². The summed E-state index contributed by atoms with van der Waals surface area (Å²) >= 11 is 0. The van der Waals surface area contributed by atoms with E-state index >= 15 is 0 Å². The smallest absolute Gasteiger partial charge is 0.253 e. The Labute approximate surface area is 163 Å². The molecule has 0 bridgehead atoms. The topological polar surface area (TPSA) is 69.4 Å². The highest BCUT2D eigenvalue weighted by Crippen LogP contribution is 2.26. The average molecular weight is 380 g/mol. The molecule has 7 nitrogen and oxygen atoms in total. The minimum absolute atomic E-state index is 0.0185. The second-order valence-corrected chi connectivity index (χ2v) is 7.45. The number of carbonyl (C=O) groups is 1. The number of fused-ring (bicyclic) bond motifs is 1. The number of hydrogen-bond donors (Lipinski definition) is 0. The van der Waals surface area contributed by atoms with Crippen molar-refractivity contribution in [2.24, 2.45) is 7.05 Å². The highest BCUT2D eigenvalue weighted by atomic mass is 16.5. The molecule has 3 heterocycles. The molecule has 1 aromatic carbocycles. The predicted molar refractivity (Wildman–Crippen MR) is 108 cm³/mol. The molecule has 0 spiro atoms. The summed E-state index contributed by atoms with van der Waals surface area (Å²) < 4.78 is 9.43. The zero-order valence-corrected chi connectivity index (χ0v) is 16.4. The van der Waals surface area contributed by atoms with E-state index in [0.717, 1.165) is 41.9 Å². The van der Waals surface area contributed by atoms with Gasteiger partial charge in [-0.25, -0.2) is 4.98 Å². The van der Waals surface area contributed by atoms with Crippen LogP contribution in [-0.4, -0.2) is 58.2 Å². The molecule has 7 heteroatoms. The Morgan fingerprint density at radius 1 is 1.29 bits per heavy atom. The Morgan fingerprint density at radius 3 is 2.82 bits per heavy atom. The van der Waals surface area contributed by atoms with E-state index in [0.29, 0.717) is 24.3 Å². The number of nitrogens with zero attached hydrogens (tertiary/aromatic N) is 4. The van der Waals surface area contributed by atoms with Gasteiger partial charge in [-0.3, -0.25) is 14.5 Å². The highest BCUT2D eigenvalue weighted by molar-refractivity contribution is 5.87. The summed E-state index contributed by atoms with van der Waals surface area (Å²) in [7, 11) is 3.85. The fourth-order valence-corrected chi connectivity index (χ4v) is 3.77. The van der Waals surface area contributed by atoms with Gasteiger partial charge in [-0.15, -0.1) is 0 Å². The highest BCUT2D eigenvalue weighted by Gasteiger charge is 2.23. The first-order valence-corrected chi connectivity index (χ1v) is 9.39. The van der Waals surface area contributed by atoms with Crippen LogP contribution in [0.1, 0.15) is 15.9 Å². The second kappa shape index (κ2) is 7.33. The molecule has 0 radical (unpaired) electrons. The number of aryl methyl sites for hydroxylation is 2. The van der Waals surface area contributed by atoms with Crippen molar-refractivity contribution in [3.05, 3.63) is 51.9 Å². The number of rotatable bonds is 4. The third kappa shape index (κ3) is 3.27. The largest absolute Gasteiger partial charge is 0.378 e. The average Bonchev–Trinajstić information content (AvgIpc) is 3.05. The van der Waals surface area contributed by atoms with Crippen molar-refractivity contribution in [1.82, 2.24) is 19.0 Å².